The highest BCUT2D eigenvalue weighted by atomic mass is 16.5. The molecular weight excluding hydrogens is 356 g/mol. The molecule has 0 aliphatic heterocycles. The van der Waals surface area contributed by atoms with E-state index in [9.17, 15) is 0 Å². The maximum Gasteiger partial charge on any atom is 0.0635 e. The minimum atomic E-state index is -0.146. The molecule has 0 radical (unpaired) electrons. The molecule has 1 unspecified atom stereocenters. The second-order valence-electron chi connectivity index (χ2n) is 13.5. The second kappa shape index (κ2) is 10.0. The van der Waals surface area contributed by atoms with Crippen molar-refractivity contribution >= 4 is 0 Å². The van der Waals surface area contributed by atoms with Gasteiger partial charge < -0.3 is 9.47 Å². The van der Waals surface area contributed by atoms with Gasteiger partial charge in [0.1, 0.15) is 0 Å². The largest absolute Gasteiger partial charge is 0.373 e. The van der Waals surface area contributed by atoms with E-state index in [1.165, 1.54) is 12.8 Å². The summed E-state index contributed by atoms with van der Waals surface area (Å²) in [4.78, 5) is 0. The molecule has 0 aromatic carbocycles. The molecule has 0 heterocycles. The van der Waals surface area contributed by atoms with E-state index in [1.54, 1.807) is 0 Å². The summed E-state index contributed by atoms with van der Waals surface area (Å²) >= 11 is 0. The summed E-state index contributed by atoms with van der Waals surface area (Å²) in [5.74, 6) is 0.518. The van der Waals surface area contributed by atoms with Gasteiger partial charge in [0.05, 0.1) is 23.4 Å². The zero-order valence-electron chi connectivity index (χ0n) is 22.9. The molecule has 0 amide bonds. The summed E-state index contributed by atoms with van der Waals surface area (Å²) in [6.07, 6.45) is 5.00. The maximum absolute atomic E-state index is 6.38. The van der Waals surface area contributed by atoms with E-state index in [-0.39, 0.29) is 34.2 Å². The third-order valence-electron chi connectivity index (χ3n) is 6.46. The highest BCUT2D eigenvalue weighted by molar-refractivity contribution is 4.97. The van der Waals surface area contributed by atoms with Gasteiger partial charge in [-0.05, 0) is 96.8 Å². The van der Waals surface area contributed by atoms with Crippen LogP contribution in [0.15, 0.2) is 0 Å². The third kappa shape index (κ3) is 10.7. The first-order valence-corrected chi connectivity index (χ1v) is 12.0. The first-order chi connectivity index (χ1) is 12.6. The van der Waals surface area contributed by atoms with Crippen molar-refractivity contribution in [3.8, 4) is 0 Å². The van der Waals surface area contributed by atoms with Gasteiger partial charge in [0.25, 0.3) is 0 Å². The van der Waals surface area contributed by atoms with E-state index in [0.717, 1.165) is 12.8 Å². The Morgan fingerprint density at radius 1 is 0.586 bits per heavy atom. The van der Waals surface area contributed by atoms with Crippen LogP contribution in [0.3, 0.4) is 0 Å². The van der Waals surface area contributed by atoms with Gasteiger partial charge in [-0.3, -0.25) is 0 Å². The molecule has 0 aliphatic rings. The van der Waals surface area contributed by atoms with E-state index in [1.807, 2.05) is 0 Å². The highest BCUT2D eigenvalue weighted by Crippen LogP contribution is 2.53. The Balaban J connectivity index is 6.00. The number of ether oxygens (including phenoxy) is 2. The monoisotopic (exact) mass is 412 g/mol. The predicted octanol–water partition coefficient (Wildman–Crippen LogP) is 8.67. The molecule has 0 saturated heterocycles. The van der Waals surface area contributed by atoms with Gasteiger partial charge in [0.2, 0.25) is 0 Å². The van der Waals surface area contributed by atoms with Crippen LogP contribution in [0.5, 0.6) is 0 Å². The summed E-state index contributed by atoms with van der Waals surface area (Å²) in [6.45, 7) is 34.7. The summed E-state index contributed by atoms with van der Waals surface area (Å²) in [6, 6.07) is 0. The van der Waals surface area contributed by atoms with Gasteiger partial charge in [-0.1, -0.05) is 54.9 Å². The molecule has 0 bridgehead atoms. The van der Waals surface area contributed by atoms with Crippen LogP contribution in [0.25, 0.3) is 0 Å². The minimum Gasteiger partial charge on any atom is -0.373 e. The molecule has 0 saturated carbocycles. The van der Waals surface area contributed by atoms with E-state index in [2.05, 4.69) is 104 Å². The molecule has 29 heavy (non-hydrogen) atoms. The Bertz CT molecular complexity index is 481. The normalized spacial score (nSPS) is 16.0. The zero-order valence-corrected chi connectivity index (χ0v) is 22.9. The average molecular weight is 413 g/mol. The molecule has 0 rings (SSSR count). The molecule has 0 spiro atoms. The van der Waals surface area contributed by atoms with Crippen molar-refractivity contribution in [1.29, 1.82) is 0 Å². The molecule has 1 atom stereocenters. The van der Waals surface area contributed by atoms with Gasteiger partial charge in [0, 0.05) is 0 Å². The SMILES string of the molecule is CCC(C)(C)CC(C)(C)C(CC(C)(C)OC(C)C)C(C)(C)CC(C)(C)OC(C)C. The highest BCUT2D eigenvalue weighted by Gasteiger charge is 2.47. The number of hydrogen-bond acceptors (Lipinski definition) is 2. The van der Waals surface area contributed by atoms with Crippen LogP contribution in [0.1, 0.15) is 130 Å². The molecule has 0 fully saturated rings. The van der Waals surface area contributed by atoms with Gasteiger partial charge >= 0.3 is 0 Å². The number of hydrogen-bond donors (Lipinski definition) is 0. The van der Waals surface area contributed by atoms with Gasteiger partial charge in [-0.15, -0.1) is 0 Å². The second-order valence-corrected chi connectivity index (χ2v) is 13.5. The topological polar surface area (TPSA) is 18.5 Å². The molecule has 2 nitrogen and oxygen atoms in total. The van der Waals surface area contributed by atoms with Crippen molar-refractivity contribution in [3.05, 3.63) is 0 Å². The summed E-state index contributed by atoms with van der Waals surface area (Å²) < 4.78 is 12.7. The van der Waals surface area contributed by atoms with Crippen LogP contribution in [-0.4, -0.2) is 23.4 Å². The quantitative estimate of drug-likeness (QED) is 0.301. The number of rotatable bonds is 13. The molecule has 2 heteroatoms. The summed E-state index contributed by atoms with van der Waals surface area (Å²) in [5.41, 5.74) is 0.380. The summed E-state index contributed by atoms with van der Waals surface area (Å²) in [5, 5.41) is 0. The Morgan fingerprint density at radius 3 is 1.34 bits per heavy atom. The van der Waals surface area contributed by atoms with Crippen LogP contribution in [-0.2, 0) is 9.47 Å². The molecule has 0 aliphatic carbocycles. The van der Waals surface area contributed by atoms with Crippen molar-refractivity contribution in [1.82, 2.24) is 0 Å². The Kier molecular flexibility index (Phi) is 10.00. The molecule has 0 aromatic rings. The van der Waals surface area contributed by atoms with Gasteiger partial charge in [-0.25, -0.2) is 0 Å². The lowest BCUT2D eigenvalue weighted by Crippen LogP contribution is -2.47. The van der Waals surface area contributed by atoms with Gasteiger partial charge in [0.15, 0.2) is 0 Å². The Morgan fingerprint density at radius 2 is 0.966 bits per heavy atom. The van der Waals surface area contributed by atoms with Crippen molar-refractivity contribution in [2.24, 2.45) is 22.2 Å². The lowest BCUT2D eigenvalue weighted by molar-refractivity contribution is -0.126. The van der Waals surface area contributed by atoms with Crippen LogP contribution < -0.4 is 0 Å². The van der Waals surface area contributed by atoms with Crippen LogP contribution in [0, 0.1) is 22.2 Å². The first kappa shape index (κ1) is 28.9. The predicted molar refractivity (Wildman–Crippen MR) is 130 cm³/mol. The van der Waals surface area contributed by atoms with Crippen LogP contribution >= 0.6 is 0 Å². The van der Waals surface area contributed by atoms with E-state index < -0.39 is 0 Å². The Labute approximate surface area is 184 Å². The van der Waals surface area contributed by atoms with E-state index >= 15 is 0 Å². The molecule has 0 aromatic heterocycles. The zero-order chi connectivity index (χ0) is 23.5. The lowest BCUT2D eigenvalue weighted by Gasteiger charge is -2.52. The fourth-order valence-electron chi connectivity index (χ4n) is 6.17. The van der Waals surface area contributed by atoms with Crippen molar-refractivity contribution < 1.29 is 9.47 Å². The van der Waals surface area contributed by atoms with Crippen molar-refractivity contribution in [3.63, 3.8) is 0 Å². The minimum absolute atomic E-state index is 0.128. The average Bonchev–Trinajstić information content (AvgIpc) is 2.39. The Hall–Kier alpha value is -0.0800. The van der Waals surface area contributed by atoms with Crippen molar-refractivity contribution in [2.75, 3.05) is 0 Å². The van der Waals surface area contributed by atoms with E-state index in [4.69, 9.17) is 9.47 Å². The smallest absolute Gasteiger partial charge is 0.0635 e. The van der Waals surface area contributed by atoms with E-state index in [0.29, 0.717) is 11.3 Å². The fraction of sp³-hybridized carbons (Fsp3) is 1.00. The first-order valence-electron chi connectivity index (χ1n) is 12.0. The maximum atomic E-state index is 6.38. The van der Waals surface area contributed by atoms with Crippen molar-refractivity contribution in [2.45, 2.75) is 153 Å². The third-order valence-corrected chi connectivity index (χ3v) is 6.46. The summed E-state index contributed by atoms with van der Waals surface area (Å²) in [7, 11) is 0. The molecule has 176 valence electrons. The molecule has 0 N–H and O–H groups in total. The molecular formula is C27H56O2. The standard InChI is InChI=1S/C27H56O2/c1-16-23(6,7)18-24(8,9)22(17-26(12,13)28-20(2)3)25(10,11)19-27(14,15)29-21(4)5/h20-22H,16-19H2,1-15H3. The van der Waals surface area contributed by atoms with Gasteiger partial charge in [-0.2, -0.15) is 0 Å². The fourth-order valence-corrected chi connectivity index (χ4v) is 6.17. The lowest BCUT2D eigenvalue weighted by atomic mass is 9.55. The van der Waals surface area contributed by atoms with Crippen LogP contribution in [0.2, 0.25) is 0 Å². The van der Waals surface area contributed by atoms with Crippen LogP contribution in [0.4, 0.5) is 0 Å².